The van der Waals surface area contributed by atoms with E-state index in [0.29, 0.717) is 21.3 Å². The topological polar surface area (TPSA) is 115 Å². The molecule has 3 aromatic carbocycles. The van der Waals surface area contributed by atoms with Crippen molar-refractivity contribution in [2.75, 3.05) is 43.7 Å². The minimum atomic E-state index is -3.63. The number of aromatic nitrogens is 1. The first-order valence-corrected chi connectivity index (χ1v) is 17.7. The van der Waals surface area contributed by atoms with Crippen molar-refractivity contribution in [3.63, 3.8) is 0 Å². The Labute approximate surface area is 271 Å². The molecule has 0 unspecified atom stereocenters. The number of aliphatic imine (C=N–C) groups is 1. The molecular formula is C28H28Cl3N3O6S3. The van der Waals surface area contributed by atoms with E-state index < -0.39 is 20.2 Å². The number of thiazole rings is 1. The van der Waals surface area contributed by atoms with Gasteiger partial charge in [0.05, 0.1) is 41.3 Å². The van der Waals surface area contributed by atoms with Crippen molar-refractivity contribution in [1.29, 1.82) is 0 Å². The van der Waals surface area contributed by atoms with Gasteiger partial charge >= 0.3 is 0 Å². The van der Waals surface area contributed by atoms with E-state index >= 15 is 0 Å². The summed E-state index contributed by atoms with van der Waals surface area (Å²) in [5.74, 6) is 0. The highest BCUT2D eigenvalue weighted by Gasteiger charge is 2.13. The van der Waals surface area contributed by atoms with E-state index in [1.807, 2.05) is 54.7 Å². The van der Waals surface area contributed by atoms with Gasteiger partial charge in [0.2, 0.25) is 0 Å². The van der Waals surface area contributed by atoms with E-state index in [0.717, 1.165) is 39.2 Å². The number of hydrogen-bond donors (Lipinski definition) is 0. The molecule has 15 heteroatoms. The Morgan fingerprint density at radius 1 is 0.860 bits per heavy atom. The first-order chi connectivity index (χ1) is 19.9. The minimum absolute atomic E-state index is 0. The van der Waals surface area contributed by atoms with E-state index in [-0.39, 0.29) is 38.7 Å². The summed E-state index contributed by atoms with van der Waals surface area (Å²) < 4.78 is 55.1. The lowest BCUT2D eigenvalue weighted by molar-refractivity contribution is 0.309. The third kappa shape index (κ3) is 11.1. The van der Waals surface area contributed by atoms with Crippen LogP contribution in [0.2, 0.25) is 10.0 Å². The van der Waals surface area contributed by atoms with Crippen LogP contribution in [0.4, 0.5) is 11.4 Å². The van der Waals surface area contributed by atoms with Gasteiger partial charge in [-0.1, -0.05) is 47.5 Å². The van der Waals surface area contributed by atoms with Crippen molar-refractivity contribution in [2.45, 2.75) is 0 Å². The van der Waals surface area contributed by atoms with Gasteiger partial charge in [-0.3, -0.25) is 13.4 Å². The molecule has 0 atom stereocenters. The molecule has 0 aliphatic heterocycles. The summed E-state index contributed by atoms with van der Waals surface area (Å²) in [7, 11) is -7.26. The zero-order valence-corrected chi connectivity index (χ0v) is 27.8. The predicted octanol–water partition coefficient (Wildman–Crippen LogP) is 6.72. The first kappa shape index (κ1) is 34.9. The predicted molar refractivity (Wildman–Crippen MR) is 178 cm³/mol. The van der Waals surface area contributed by atoms with E-state index in [4.69, 9.17) is 31.6 Å². The fourth-order valence-electron chi connectivity index (χ4n) is 3.77. The van der Waals surface area contributed by atoms with Crippen molar-refractivity contribution >= 4 is 84.8 Å². The van der Waals surface area contributed by atoms with Gasteiger partial charge in [0.1, 0.15) is 5.01 Å². The Morgan fingerprint density at radius 3 is 2.00 bits per heavy atom. The third-order valence-corrected chi connectivity index (χ3v) is 8.63. The zero-order valence-electron chi connectivity index (χ0n) is 23.0. The molecule has 0 N–H and O–H groups in total. The van der Waals surface area contributed by atoms with E-state index in [1.165, 1.54) is 0 Å². The van der Waals surface area contributed by atoms with Crippen molar-refractivity contribution in [2.24, 2.45) is 4.99 Å². The fourth-order valence-corrected chi connectivity index (χ4v) is 5.81. The molecule has 9 nitrogen and oxygen atoms in total. The molecule has 4 rings (SSSR count). The summed E-state index contributed by atoms with van der Waals surface area (Å²) in [5, 5.41) is 2.00. The molecule has 0 aliphatic carbocycles. The molecule has 0 saturated heterocycles. The van der Waals surface area contributed by atoms with Crippen LogP contribution in [0.5, 0.6) is 0 Å². The van der Waals surface area contributed by atoms with E-state index in [2.05, 4.69) is 9.98 Å². The van der Waals surface area contributed by atoms with Gasteiger partial charge in [-0.05, 0) is 48.0 Å². The molecule has 4 aromatic rings. The number of nitrogens with zero attached hydrogens (tertiary/aromatic N) is 3. The highest BCUT2D eigenvalue weighted by Crippen LogP contribution is 2.33. The lowest BCUT2D eigenvalue weighted by Gasteiger charge is -2.24. The van der Waals surface area contributed by atoms with Crippen molar-refractivity contribution in [3.8, 4) is 21.0 Å². The maximum absolute atomic E-state index is 11.4. The largest absolute Gasteiger partial charge is 0.367 e. The van der Waals surface area contributed by atoms with Crippen LogP contribution < -0.4 is 4.90 Å². The van der Waals surface area contributed by atoms with Crippen LogP contribution in [0.25, 0.3) is 21.0 Å². The SMILES string of the molecule is CS(=O)(=O)OCCN(CCOS(C)(=O)=O)c1ccc(C=Nc2ccc(-c3cnc(-c4ccc(Cl)cc4)s3)cc2)c(Cl)c1.Cl. The van der Waals surface area contributed by atoms with Gasteiger partial charge in [0.25, 0.3) is 20.2 Å². The van der Waals surface area contributed by atoms with Gasteiger partial charge in [-0.2, -0.15) is 16.8 Å². The van der Waals surface area contributed by atoms with Crippen LogP contribution >= 0.6 is 46.9 Å². The number of hydrogen-bond acceptors (Lipinski definition) is 10. The van der Waals surface area contributed by atoms with E-state index in [1.54, 1.807) is 40.7 Å². The first-order valence-electron chi connectivity index (χ1n) is 12.5. The van der Waals surface area contributed by atoms with E-state index in [9.17, 15) is 16.8 Å². The van der Waals surface area contributed by atoms with Crippen molar-refractivity contribution in [3.05, 3.63) is 88.5 Å². The minimum Gasteiger partial charge on any atom is -0.367 e. The number of rotatable bonds is 13. The molecule has 230 valence electrons. The molecule has 0 bridgehead atoms. The fraction of sp³-hybridized carbons (Fsp3) is 0.214. The summed E-state index contributed by atoms with van der Waals surface area (Å²) in [4.78, 5) is 11.8. The molecule has 0 spiro atoms. The smallest absolute Gasteiger partial charge is 0.264 e. The van der Waals surface area contributed by atoms with Gasteiger partial charge in [0.15, 0.2) is 0 Å². The molecule has 43 heavy (non-hydrogen) atoms. The average molecular weight is 705 g/mol. The lowest BCUT2D eigenvalue weighted by atomic mass is 10.2. The molecule has 0 aliphatic rings. The van der Waals surface area contributed by atoms with Gasteiger partial charge in [0, 0.05) is 47.3 Å². The Hall–Kier alpha value is -2.55. The van der Waals surface area contributed by atoms with Gasteiger partial charge in [-0.15, -0.1) is 23.7 Å². The van der Waals surface area contributed by atoms with Gasteiger partial charge in [-0.25, -0.2) is 4.98 Å². The summed E-state index contributed by atoms with van der Waals surface area (Å²) in [6.07, 6.45) is 5.41. The number of anilines is 1. The van der Waals surface area contributed by atoms with Crippen molar-refractivity contribution < 1.29 is 25.2 Å². The normalized spacial score (nSPS) is 11.9. The summed E-state index contributed by atoms with van der Waals surface area (Å²) >= 11 is 14.1. The molecule has 0 radical (unpaired) electrons. The summed E-state index contributed by atoms with van der Waals surface area (Å²) in [6.45, 7) is 0.0749. The molecule has 1 heterocycles. The standard InChI is InChI=1S/C28H27Cl2N3O6S3.ClH/c1-41(34,35)38-15-13-33(14-16-39-42(2,36)37)25-12-7-22(26(30)17-25)18-31-24-10-5-20(6-11-24)27-19-32-28(40-27)21-3-8-23(29)9-4-21;/h3-12,17-19H,13-16H2,1-2H3;1H. The molecule has 1 aromatic heterocycles. The summed E-state index contributed by atoms with van der Waals surface area (Å²) in [6, 6.07) is 20.6. The van der Waals surface area contributed by atoms with Crippen LogP contribution in [-0.4, -0.2) is 66.8 Å². The van der Waals surface area contributed by atoms with Crippen LogP contribution in [-0.2, 0) is 28.6 Å². The average Bonchev–Trinajstić information content (AvgIpc) is 3.41. The maximum atomic E-state index is 11.4. The monoisotopic (exact) mass is 703 g/mol. The second-order valence-electron chi connectivity index (χ2n) is 9.09. The quantitative estimate of drug-likeness (QED) is 0.111. The van der Waals surface area contributed by atoms with Crippen LogP contribution in [0.1, 0.15) is 5.56 Å². The second-order valence-corrected chi connectivity index (χ2v) is 14.2. The highest BCUT2D eigenvalue weighted by molar-refractivity contribution is 7.86. The van der Waals surface area contributed by atoms with Crippen LogP contribution in [0, 0.1) is 0 Å². The van der Waals surface area contributed by atoms with Crippen LogP contribution in [0.3, 0.4) is 0 Å². The van der Waals surface area contributed by atoms with Crippen LogP contribution in [0.15, 0.2) is 77.9 Å². The Balaban J connectivity index is 0.00000506. The molecular weight excluding hydrogens is 677 g/mol. The highest BCUT2D eigenvalue weighted by atomic mass is 35.5. The number of halogens is 3. The Bertz CT molecular complexity index is 1730. The number of benzene rings is 3. The Morgan fingerprint density at radius 2 is 1.44 bits per heavy atom. The molecule has 0 fully saturated rings. The third-order valence-electron chi connectivity index (χ3n) is 5.77. The molecule has 0 saturated carbocycles. The Kier molecular flexibility index (Phi) is 12.5. The molecule has 0 amide bonds. The van der Waals surface area contributed by atoms with Gasteiger partial charge < -0.3 is 4.90 Å². The maximum Gasteiger partial charge on any atom is 0.264 e. The lowest BCUT2D eigenvalue weighted by Crippen LogP contribution is -2.32. The second kappa shape index (κ2) is 15.4. The van der Waals surface area contributed by atoms with Crippen molar-refractivity contribution in [1.82, 2.24) is 4.98 Å². The zero-order chi connectivity index (χ0) is 30.3. The summed E-state index contributed by atoms with van der Waals surface area (Å²) in [5.41, 5.74) is 4.07.